The molecule has 5 heteroatoms. The number of hydrogen-bond acceptors (Lipinski definition) is 3. The second-order valence-electron chi connectivity index (χ2n) is 4.22. The van der Waals surface area contributed by atoms with E-state index in [9.17, 15) is 9.18 Å². The summed E-state index contributed by atoms with van der Waals surface area (Å²) in [5, 5.41) is 9.00. The van der Waals surface area contributed by atoms with Crippen molar-refractivity contribution in [3.63, 3.8) is 0 Å². The number of halogens is 1. The van der Waals surface area contributed by atoms with Gasteiger partial charge in [0.25, 0.3) is 0 Å². The van der Waals surface area contributed by atoms with Crippen LogP contribution in [0.15, 0.2) is 29.2 Å². The third-order valence-corrected chi connectivity index (χ3v) is 3.97. The summed E-state index contributed by atoms with van der Waals surface area (Å²) in [6, 6.07) is 6.36. The van der Waals surface area contributed by atoms with Gasteiger partial charge in [-0.2, -0.15) is 0 Å². The highest BCUT2D eigenvalue weighted by atomic mass is 32.2. The van der Waals surface area contributed by atoms with Crippen LogP contribution in [0.1, 0.15) is 26.2 Å². The van der Waals surface area contributed by atoms with E-state index in [-0.39, 0.29) is 5.82 Å². The second-order valence-corrected chi connectivity index (χ2v) is 5.39. The third-order valence-electron chi connectivity index (χ3n) is 2.89. The quantitative estimate of drug-likeness (QED) is 0.591. The molecule has 0 aliphatic rings. The molecule has 0 radical (unpaired) electrons. The predicted octanol–water partition coefficient (Wildman–Crippen LogP) is 2.89. The van der Waals surface area contributed by atoms with E-state index in [4.69, 9.17) is 10.8 Å². The lowest BCUT2D eigenvalue weighted by molar-refractivity contribution is -0.143. The van der Waals surface area contributed by atoms with Crippen molar-refractivity contribution in [2.75, 3.05) is 5.75 Å². The topological polar surface area (TPSA) is 63.3 Å². The lowest BCUT2D eigenvalue weighted by Crippen LogP contribution is -2.47. The summed E-state index contributed by atoms with van der Waals surface area (Å²) in [5.41, 5.74) is 4.64. The summed E-state index contributed by atoms with van der Waals surface area (Å²) in [6.07, 6.45) is 1.53. The Bertz CT molecular complexity index is 414. The number of rotatable bonds is 7. The number of nitrogens with two attached hydrogens (primary N) is 1. The largest absolute Gasteiger partial charge is 0.480 e. The van der Waals surface area contributed by atoms with Crippen LogP contribution in [-0.2, 0) is 4.79 Å². The molecule has 0 heterocycles. The van der Waals surface area contributed by atoms with Gasteiger partial charge in [-0.1, -0.05) is 13.0 Å². The zero-order chi connectivity index (χ0) is 13.6. The summed E-state index contributed by atoms with van der Waals surface area (Å²) >= 11 is 1.51. The van der Waals surface area contributed by atoms with Gasteiger partial charge in [0, 0.05) is 4.90 Å². The third kappa shape index (κ3) is 4.31. The minimum absolute atomic E-state index is 0.257. The van der Waals surface area contributed by atoms with Crippen LogP contribution in [0.25, 0.3) is 0 Å². The molecule has 0 saturated carbocycles. The van der Waals surface area contributed by atoms with Crippen LogP contribution in [-0.4, -0.2) is 22.4 Å². The van der Waals surface area contributed by atoms with Crippen molar-refractivity contribution in [3.05, 3.63) is 30.1 Å². The summed E-state index contributed by atoms with van der Waals surface area (Å²) in [5.74, 6) is -0.483. The number of carboxylic acids is 1. The summed E-state index contributed by atoms with van der Waals surface area (Å²) < 4.78 is 12.9. The second kappa shape index (κ2) is 6.75. The van der Waals surface area contributed by atoms with E-state index in [1.54, 1.807) is 13.0 Å². The average Bonchev–Trinajstić information content (AvgIpc) is 2.34. The van der Waals surface area contributed by atoms with Gasteiger partial charge in [-0.15, -0.1) is 11.8 Å². The summed E-state index contributed by atoms with van der Waals surface area (Å²) in [7, 11) is 0. The molecule has 0 aliphatic heterocycles. The molecule has 3 N–H and O–H groups in total. The fraction of sp³-hybridized carbons (Fsp3) is 0.462. The minimum Gasteiger partial charge on any atom is -0.480 e. The first-order valence-corrected chi connectivity index (χ1v) is 6.87. The molecule has 1 atom stereocenters. The normalized spacial score (nSPS) is 14.2. The van der Waals surface area contributed by atoms with E-state index in [2.05, 4.69) is 0 Å². The van der Waals surface area contributed by atoms with Crippen molar-refractivity contribution in [1.29, 1.82) is 0 Å². The van der Waals surface area contributed by atoms with Crippen LogP contribution >= 0.6 is 11.8 Å². The number of aliphatic carboxylic acids is 1. The fourth-order valence-electron chi connectivity index (χ4n) is 1.57. The van der Waals surface area contributed by atoms with E-state index in [0.29, 0.717) is 19.3 Å². The van der Waals surface area contributed by atoms with Crippen molar-refractivity contribution in [2.45, 2.75) is 36.6 Å². The Balaban J connectivity index is 2.37. The molecule has 0 aromatic heterocycles. The molecule has 0 saturated heterocycles. The zero-order valence-electron chi connectivity index (χ0n) is 10.4. The first-order chi connectivity index (χ1) is 8.48. The smallest absolute Gasteiger partial charge is 0.323 e. The molecule has 1 aromatic carbocycles. The summed E-state index contributed by atoms with van der Waals surface area (Å²) in [4.78, 5) is 11.8. The van der Waals surface area contributed by atoms with Crippen molar-refractivity contribution >= 4 is 17.7 Å². The van der Waals surface area contributed by atoms with Crippen LogP contribution < -0.4 is 5.73 Å². The lowest BCUT2D eigenvalue weighted by Gasteiger charge is -2.22. The molecule has 3 nitrogen and oxygen atoms in total. The van der Waals surface area contributed by atoms with Gasteiger partial charge in [0.05, 0.1) is 0 Å². The SMILES string of the molecule is CCC(N)(CCCSc1cccc(F)c1)C(=O)O. The Morgan fingerprint density at radius 3 is 2.83 bits per heavy atom. The van der Waals surface area contributed by atoms with E-state index in [0.717, 1.165) is 10.6 Å². The zero-order valence-corrected chi connectivity index (χ0v) is 11.2. The molecule has 0 aliphatic carbocycles. The highest BCUT2D eigenvalue weighted by Gasteiger charge is 2.30. The van der Waals surface area contributed by atoms with E-state index in [1.165, 1.54) is 23.9 Å². The molecule has 0 amide bonds. The highest BCUT2D eigenvalue weighted by Crippen LogP contribution is 2.22. The molecule has 0 spiro atoms. The van der Waals surface area contributed by atoms with Crippen LogP contribution in [0.2, 0.25) is 0 Å². The highest BCUT2D eigenvalue weighted by molar-refractivity contribution is 7.99. The standard InChI is InChI=1S/C13H18FNO2S/c1-2-13(15,12(16)17)7-4-8-18-11-6-3-5-10(14)9-11/h3,5-6,9H,2,4,7-8,15H2,1H3,(H,16,17). The van der Waals surface area contributed by atoms with Crippen LogP contribution in [0.3, 0.4) is 0 Å². The van der Waals surface area contributed by atoms with Gasteiger partial charge in [0.2, 0.25) is 0 Å². The maximum absolute atomic E-state index is 12.9. The van der Waals surface area contributed by atoms with Crippen molar-refractivity contribution in [3.8, 4) is 0 Å². The minimum atomic E-state index is -1.14. The van der Waals surface area contributed by atoms with Gasteiger partial charge in [0.1, 0.15) is 11.4 Å². The number of benzene rings is 1. The van der Waals surface area contributed by atoms with E-state index >= 15 is 0 Å². The van der Waals surface area contributed by atoms with Gasteiger partial charge >= 0.3 is 5.97 Å². The first kappa shape index (κ1) is 15.0. The number of carbonyl (C=O) groups is 1. The average molecular weight is 271 g/mol. The van der Waals surface area contributed by atoms with E-state index in [1.807, 2.05) is 6.07 Å². The number of carboxylic acid groups (broad SMARTS) is 1. The van der Waals surface area contributed by atoms with Crippen LogP contribution in [0.5, 0.6) is 0 Å². The molecular formula is C13H18FNO2S. The Morgan fingerprint density at radius 2 is 2.28 bits per heavy atom. The van der Waals surface area contributed by atoms with Crippen molar-refractivity contribution in [2.24, 2.45) is 5.73 Å². The number of thioether (sulfide) groups is 1. The van der Waals surface area contributed by atoms with Gasteiger partial charge in [-0.05, 0) is 43.2 Å². The molecule has 1 unspecified atom stereocenters. The maximum Gasteiger partial charge on any atom is 0.323 e. The molecule has 1 rings (SSSR count). The Hall–Kier alpha value is -1.07. The Kier molecular flexibility index (Phi) is 5.62. The van der Waals surface area contributed by atoms with Gasteiger partial charge in [0.15, 0.2) is 0 Å². The molecular weight excluding hydrogens is 253 g/mol. The maximum atomic E-state index is 12.9. The van der Waals surface area contributed by atoms with Crippen LogP contribution in [0, 0.1) is 5.82 Å². The Morgan fingerprint density at radius 1 is 1.56 bits per heavy atom. The first-order valence-electron chi connectivity index (χ1n) is 5.88. The van der Waals surface area contributed by atoms with E-state index < -0.39 is 11.5 Å². The monoisotopic (exact) mass is 271 g/mol. The molecule has 0 fully saturated rings. The van der Waals surface area contributed by atoms with Gasteiger partial charge < -0.3 is 10.8 Å². The molecule has 0 bridgehead atoms. The number of hydrogen-bond donors (Lipinski definition) is 2. The lowest BCUT2D eigenvalue weighted by atomic mass is 9.92. The van der Waals surface area contributed by atoms with Crippen LogP contribution in [0.4, 0.5) is 4.39 Å². The molecule has 18 heavy (non-hydrogen) atoms. The van der Waals surface area contributed by atoms with Crippen molar-refractivity contribution < 1.29 is 14.3 Å². The molecule has 100 valence electrons. The fourth-order valence-corrected chi connectivity index (χ4v) is 2.46. The Labute approximate surface area is 111 Å². The van der Waals surface area contributed by atoms with Gasteiger partial charge in [-0.3, -0.25) is 4.79 Å². The van der Waals surface area contributed by atoms with Gasteiger partial charge in [-0.25, -0.2) is 4.39 Å². The predicted molar refractivity (Wildman–Crippen MR) is 71.2 cm³/mol. The van der Waals surface area contributed by atoms with Crippen molar-refractivity contribution in [1.82, 2.24) is 0 Å². The summed E-state index contributed by atoms with van der Waals surface area (Å²) in [6.45, 7) is 1.77. The molecule has 1 aromatic rings.